The Morgan fingerprint density at radius 1 is 1.40 bits per heavy atom. The zero-order chi connectivity index (χ0) is 10.3. The number of aromatic nitrogens is 4. The molecule has 3 heterocycles. The minimum absolute atomic E-state index is 0.497. The van der Waals surface area contributed by atoms with E-state index in [-0.39, 0.29) is 0 Å². The zero-order valence-electron chi connectivity index (χ0n) is 7.93. The molecular weight excluding hydrogens is 276 g/mol. The summed E-state index contributed by atoms with van der Waals surface area (Å²) in [5, 5.41) is 0.497. The highest BCUT2D eigenvalue weighted by Gasteiger charge is 2.20. The predicted molar refractivity (Wildman–Crippen MR) is 63.8 cm³/mol. The Morgan fingerprint density at radius 3 is 3.13 bits per heavy atom. The summed E-state index contributed by atoms with van der Waals surface area (Å²) in [6.45, 7) is 0. The molecule has 15 heavy (non-hydrogen) atoms. The largest absolute Gasteiger partial charge is 0.302 e. The summed E-state index contributed by atoms with van der Waals surface area (Å²) in [5.41, 5.74) is 1.78. The summed E-state index contributed by atoms with van der Waals surface area (Å²) in [5.74, 6) is 1.23. The van der Waals surface area contributed by atoms with Crippen molar-refractivity contribution in [1.29, 1.82) is 0 Å². The van der Waals surface area contributed by atoms with Gasteiger partial charge in [0.2, 0.25) is 0 Å². The van der Waals surface area contributed by atoms with E-state index in [2.05, 4.69) is 35.4 Å². The van der Waals surface area contributed by atoms with Crippen molar-refractivity contribution in [3.8, 4) is 0 Å². The molecule has 4 nitrogen and oxygen atoms in total. The maximum atomic E-state index is 4.34. The number of nitrogens with zero attached hydrogens (tertiary/aromatic N) is 4. The number of thioether (sulfide) groups is 1. The van der Waals surface area contributed by atoms with Crippen LogP contribution in [0, 0.1) is 0 Å². The third-order valence-corrected chi connectivity index (χ3v) is 4.48. The summed E-state index contributed by atoms with van der Waals surface area (Å²) in [4.78, 5) is 12.7. The number of rotatable bonds is 1. The van der Waals surface area contributed by atoms with Gasteiger partial charge >= 0.3 is 0 Å². The second-order valence-electron chi connectivity index (χ2n) is 3.46. The Labute approximate surface area is 99.6 Å². The molecule has 1 aliphatic heterocycles. The molecule has 0 aromatic carbocycles. The van der Waals surface area contributed by atoms with Crippen LogP contribution in [0.4, 0.5) is 0 Å². The molecule has 0 saturated carbocycles. The molecule has 0 aliphatic carbocycles. The van der Waals surface area contributed by atoms with Gasteiger partial charge in [0.05, 0.1) is 11.7 Å². The van der Waals surface area contributed by atoms with Gasteiger partial charge in [-0.25, -0.2) is 15.0 Å². The molecule has 1 saturated heterocycles. The average molecular weight is 285 g/mol. The van der Waals surface area contributed by atoms with Crippen molar-refractivity contribution in [1.82, 2.24) is 19.5 Å². The van der Waals surface area contributed by atoms with Crippen molar-refractivity contribution < 1.29 is 0 Å². The van der Waals surface area contributed by atoms with Gasteiger partial charge in [-0.2, -0.15) is 0 Å². The minimum Gasteiger partial charge on any atom is -0.302 e. The van der Waals surface area contributed by atoms with E-state index in [9.17, 15) is 0 Å². The Kier molecular flexibility index (Phi) is 2.40. The first-order valence-corrected chi connectivity index (χ1v) is 6.65. The molecule has 0 radical (unpaired) electrons. The summed E-state index contributed by atoms with van der Waals surface area (Å²) in [6, 6.07) is 0. The van der Waals surface area contributed by atoms with E-state index in [0.29, 0.717) is 5.37 Å². The van der Waals surface area contributed by atoms with E-state index in [0.717, 1.165) is 15.8 Å². The van der Waals surface area contributed by atoms with Gasteiger partial charge in [-0.3, -0.25) is 0 Å². The van der Waals surface area contributed by atoms with Gasteiger partial charge < -0.3 is 4.57 Å². The van der Waals surface area contributed by atoms with Crippen LogP contribution in [0.2, 0.25) is 0 Å². The SMILES string of the molecule is Brc1ncnc2c1ncn2[C@H]1CCCS1. The maximum absolute atomic E-state index is 4.34. The normalized spacial score (nSPS) is 21.3. The molecule has 6 heteroatoms. The molecule has 0 N–H and O–H groups in total. The van der Waals surface area contributed by atoms with Crippen molar-refractivity contribution in [3.63, 3.8) is 0 Å². The van der Waals surface area contributed by atoms with Crippen LogP contribution in [0.15, 0.2) is 17.3 Å². The third-order valence-electron chi connectivity index (χ3n) is 2.53. The van der Waals surface area contributed by atoms with Crippen molar-refractivity contribution in [3.05, 3.63) is 17.3 Å². The van der Waals surface area contributed by atoms with Gasteiger partial charge in [-0.15, -0.1) is 11.8 Å². The second-order valence-corrected chi connectivity index (χ2v) is 5.49. The first-order chi connectivity index (χ1) is 7.36. The fourth-order valence-electron chi connectivity index (χ4n) is 1.81. The number of hydrogen-bond donors (Lipinski definition) is 0. The van der Waals surface area contributed by atoms with E-state index in [4.69, 9.17) is 0 Å². The van der Waals surface area contributed by atoms with Gasteiger partial charge in [0.25, 0.3) is 0 Å². The van der Waals surface area contributed by atoms with Gasteiger partial charge in [0, 0.05) is 0 Å². The Morgan fingerprint density at radius 2 is 2.33 bits per heavy atom. The summed E-state index contributed by atoms with van der Waals surface area (Å²) in [7, 11) is 0. The summed E-state index contributed by atoms with van der Waals surface area (Å²) in [6.07, 6.45) is 5.93. The number of hydrogen-bond acceptors (Lipinski definition) is 4. The molecule has 0 unspecified atom stereocenters. The summed E-state index contributed by atoms with van der Waals surface area (Å²) >= 11 is 5.35. The molecule has 0 amide bonds. The quantitative estimate of drug-likeness (QED) is 0.755. The van der Waals surface area contributed by atoms with Crippen LogP contribution in [0.1, 0.15) is 18.2 Å². The number of halogens is 1. The molecule has 0 spiro atoms. The average Bonchev–Trinajstić information content (AvgIpc) is 2.85. The highest BCUT2D eigenvalue weighted by Crippen LogP contribution is 2.37. The molecule has 2 aromatic rings. The molecule has 1 fully saturated rings. The standard InChI is InChI=1S/C9H9BrN4S/c10-8-7-9(12-4-11-8)14(5-13-7)6-2-1-3-15-6/h4-6H,1-3H2/t6-/m1/s1. The lowest BCUT2D eigenvalue weighted by Gasteiger charge is -2.10. The minimum atomic E-state index is 0.497. The highest BCUT2D eigenvalue weighted by atomic mass is 79.9. The molecule has 3 rings (SSSR count). The van der Waals surface area contributed by atoms with E-state index >= 15 is 0 Å². The van der Waals surface area contributed by atoms with Crippen molar-refractivity contribution >= 4 is 38.9 Å². The van der Waals surface area contributed by atoms with Crippen LogP contribution in [-0.4, -0.2) is 25.3 Å². The smallest absolute Gasteiger partial charge is 0.165 e. The molecule has 78 valence electrons. The van der Waals surface area contributed by atoms with Crippen LogP contribution in [-0.2, 0) is 0 Å². The van der Waals surface area contributed by atoms with E-state index in [1.54, 1.807) is 6.33 Å². The predicted octanol–water partition coefficient (Wildman–Crippen LogP) is 2.61. The lowest BCUT2D eigenvalue weighted by Crippen LogP contribution is -2.01. The fourth-order valence-corrected chi connectivity index (χ4v) is 3.44. The topological polar surface area (TPSA) is 43.6 Å². The number of fused-ring (bicyclic) bond motifs is 1. The lowest BCUT2D eigenvalue weighted by molar-refractivity contribution is 0.654. The first kappa shape index (κ1) is 9.59. The fraction of sp³-hybridized carbons (Fsp3) is 0.444. The van der Waals surface area contributed by atoms with Gasteiger partial charge in [-0.05, 0) is 34.5 Å². The van der Waals surface area contributed by atoms with Crippen LogP contribution >= 0.6 is 27.7 Å². The van der Waals surface area contributed by atoms with Crippen molar-refractivity contribution in [2.24, 2.45) is 0 Å². The Bertz CT molecular complexity index is 492. The van der Waals surface area contributed by atoms with Gasteiger partial charge in [0.1, 0.15) is 16.4 Å². The van der Waals surface area contributed by atoms with E-state index in [1.807, 2.05) is 18.1 Å². The molecule has 2 aromatic heterocycles. The molecule has 1 aliphatic rings. The van der Waals surface area contributed by atoms with Crippen molar-refractivity contribution in [2.75, 3.05) is 5.75 Å². The second kappa shape index (κ2) is 3.75. The third kappa shape index (κ3) is 1.56. The van der Waals surface area contributed by atoms with E-state index < -0.39 is 0 Å². The monoisotopic (exact) mass is 284 g/mol. The van der Waals surface area contributed by atoms with Crippen LogP contribution in [0.25, 0.3) is 11.2 Å². The zero-order valence-corrected chi connectivity index (χ0v) is 10.3. The molecular formula is C9H9BrN4S. The lowest BCUT2D eigenvalue weighted by atomic mass is 10.3. The van der Waals surface area contributed by atoms with Crippen LogP contribution in [0.3, 0.4) is 0 Å². The Balaban J connectivity index is 2.15. The Hall–Kier alpha value is -0.620. The summed E-state index contributed by atoms with van der Waals surface area (Å²) < 4.78 is 2.92. The van der Waals surface area contributed by atoms with Crippen molar-refractivity contribution in [2.45, 2.75) is 18.2 Å². The van der Waals surface area contributed by atoms with Gasteiger partial charge in [0.15, 0.2) is 5.65 Å². The molecule has 1 atom stereocenters. The highest BCUT2D eigenvalue weighted by molar-refractivity contribution is 9.10. The molecule has 0 bridgehead atoms. The first-order valence-electron chi connectivity index (χ1n) is 4.81. The maximum Gasteiger partial charge on any atom is 0.165 e. The van der Waals surface area contributed by atoms with Gasteiger partial charge in [-0.1, -0.05) is 0 Å². The van der Waals surface area contributed by atoms with Crippen LogP contribution < -0.4 is 0 Å². The van der Waals surface area contributed by atoms with E-state index in [1.165, 1.54) is 18.6 Å². The number of imidazole rings is 1. The van der Waals surface area contributed by atoms with Crippen LogP contribution in [0.5, 0.6) is 0 Å².